The number of carbonyl (C=O) groups is 1. The van der Waals surface area contributed by atoms with Crippen LogP contribution in [0.1, 0.15) is 316 Å². The highest BCUT2D eigenvalue weighted by molar-refractivity contribution is 5.80. The van der Waals surface area contributed by atoms with Crippen molar-refractivity contribution in [2.75, 3.05) is 6.61 Å². The fourth-order valence-electron chi connectivity index (χ4n) is 9.43. The minimum Gasteiger partial charge on any atom is -0.394 e. The number of rotatable bonds is 56. The summed E-state index contributed by atoms with van der Waals surface area (Å²) < 4.78 is 0. The van der Waals surface area contributed by atoms with E-state index in [-0.39, 0.29) is 0 Å². The summed E-state index contributed by atoms with van der Waals surface area (Å²) in [5.41, 5.74) is 0. The lowest BCUT2D eigenvalue weighted by atomic mass is 10.00. The van der Waals surface area contributed by atoms with E-state index < -0.39 is 36.9 Å². The van der Waals surface area contributed by atoms with Gasteiger partial charge in [-0.2, -0.15) is 0 Å². The molecule has 6 heteroatoms. The molecule has 5 N–H and O–H groups in total. The first-order valence-electron chi connectivity index (χ1n) is 30.5. The Kier molecular flexibility index (Phi) is 55.7. The molecule has 4 unspecified atom stereocenters. The van der Waals surface area contributed by atoms with E-state index in [1.165, 1.54) is 231 Å². The van der Waals surface area contributed by atoms with Crippen molar-refractivity contribution in [3.63, 3.8) is 0 Å². The van der Waals surface area contributed by atoms with Crippen LogP contribution in [0.5, 0.6) is 0 Å². The van der Waals surface area contributed by atoms with Crippen LogP contribution in [0.25, 0.3) is 0 Å². The SMILES string of the molecule is CCCCCCCCCCCCCC/C=C\CCCCCCCCCCC(O)C(=O)NC(CO)C(O)C(O)CCC/C=C/CC/C=C/CC/C=C/CCCCCCCCCCCCCCCCCC. The molecule has 0 rings (SSSR count). The molecule has 0 saturated carbocycles. The van der Waals surface area contributed by atoms with Gasteiger partial charge in [0.1, 0.15) is 12.2 Å². The first-order chi connectivity index (χ1) is 34.0. The molecule has 0 aromatic rings. The molecule has 4 atom stereocenters. The van der Waals surface area contributed by atoms with Crippen LogP contribution < -0.4 is 5.32 Å². The molecule has 0 aliphatic rings. The Hall–Kier alpha value is -1.73. The van der Waals surface area contributed by atoms with Gasteiger partial charge in [-0.3, -0.25) is 4.79 Å². The summed E-state index contributed by atoms with van der Waals surface area (Å²) in [6.45, 7) is 4.07. The summed E-state index contributed by atoms with van der Waals surface area (Å²) in [4.78, 5) is 12.6. The number of unbranched alkanes of at least 4 members (excludes halogenated alkanes) is 39. The summed E-state index contributed by atoms with van der Waals surface area (Å²) in [5.74, 6) is -0.599. The predicted octanol–water partition coefficient (Wildman–Crippen LogP) is 18.1. The number of nitrogens with one attached hydrogen (secondary N) is 1. The van der Waals surface area contributed by atoms with Gasteiger partial charge in [0.15, 0.2) is 0 Å². The smallest absolute Gasteiger partial charge is 0.249 e. The molecule has 0 spiro atoms. The van der Waals surface area contributed by atoms with Crippen molar-refractivity contribution in [3.8, 4) is 0 Å². The van der Waals surface area contributed by atoms with E-state index in [0.717, 1.165) is 51.4 Å². The van der Waals surface area contributed by atoms with Crippen molar-refractivity contribution >= 4 is 5.91 Å². The molecule has 0 fully saturated rings. The second kappa shape index (κ2) is 57.2. The molecule has 6 nitrogen and oxygen atoms in total. The molecular weight excluding hydrogens is 851 g/mol. The van der Waals surface area contributed by atoms with Crippen LogP contribution in [0.15, 0.2) is 48.6 Å². The van der Waals surface area contributed by atoms with E-state index in [1.807, 2.05) is 0 Å². The first-order valence-corrected chi connectivity index (χ1v) is 30.5. The Morgan fingerprint density at radius 2 is 0.609 bits per heavy atom. The molecule has 406 valence electrons. The summed E-state index contributed by atoms with van der Waals surface area (Å²) in [7, 11) is 0. The van der Waals surface area contributed by atoms with Gasteiger partial charge < -0.3 is 25.7 Å². The van der Waals surface area contributed by atoms with Gasteiger partial charge in [-0.15, -0.1) is 0 Å². The van der Waals surface area contributed by atoms with Crippen molar-refractivity contribution in [3.05, 3.63) is 48.6 Å². The molecule has 69 heavy (non-hydrogen) atoms. The molecule has 0 aliphatic carbocycles. The summed E-state index contributed by atoms with van der Waals surface area (Å²) in [5, 5.41) is 44.0. The van der Waals surface area contributed by atoms with Gasteiger partial charge in [-0.1, -0.05) is 274 Å². The van der Waals surface area contributed by atoms with Crippen LogP contribution in [0.4, 0.5) is 0 Å². The van der Waals surface area contributed by atoms with Gasteiger partial charge >= 0.3 is 0 Å². The van der Waals surface area contributed by atoms with Crippen molar-refractivity contribution in [2.24, 2.45) is 0 Å². The zero-order valence-corrected chi connectivity index (χ0v) is 46.1. The Balaban J connectivity index is 3.69. The fourth-order valence-corrected chi connectivity index (χ4v) is 9.43. The molecule has 0 saturated heterocycles. The quantitative estimate of drug-likeness (QED) is 0.0308. The van der Waals surface area contributed by atoms with Crippen molar-refractivity contribution in [1.29, 1.82) is 0 Å². The third-order valence-corrected chi connectivity index (χ3v) is 14.2. The lowest BCUT2D eigenvalue weighted by Gasteiger charge is -2.27. The van der Waals surface area contributed by atoms with E-state index in [9.17, 15) is 25.2 Å². The van der Waals surface area contributed by atoms with E-state index in [2.05, 4.69) is 67.8 Å². The molecule has 0 aromatic carbocycles. The Bertz CT molecular complexity index is 1130. The molecule has 0 bridgehead atoms. The summed E-state index contributed by atoms with van der Waals surface area (Å²) in [6.07, 6.45) is 73.4. The molecule has 1 amide bonds. The third-order valence-electron chi connectivity index (χ3n) is 14.2. The summed E-state index contributed by atoms with van der Waals surface area (Å²) >= 11 is 0. The van der Waals surface area contributed by atoms with Gasteiger partial charge in [0, 0.05) is 0 Å². The maximum absolute atomic E-state index is 12.6. The number of hydrogen-bond donors (Lipinski definition) is 5. The number of hydrogen-bond acceptors (Lipinski definition) is 5. The third kappa shape index (κ3) is 51.0. The number of carbonyl (C=O) groups excluding carboxylic acids is 1. The maximum atomic E-state index is 12.6. The largest absolute Gasteiger partial charge is 0.394 e. The fraction of sp³-hybridized carbons (Fsp3) is 0.857. The zero-order valence-electron chi connectivity index (χ0n) is 46.1. The predicted molar refractivity (Wildman–Crippen MR) is 302 cm³/mol. The Morgan fingerprint density at radius 1 is 0.348 bits per heavy atom. The monoisotopic (exact) mass is 970 g/mol. The Morgan fingerprint density at radius 3 is 0.913 bits per heavy atom. The number of amides is 1. The molecule has 0 heterocycles. The number of aliphatic hydroxyl groups is 4. The zero-order chi connectivity index (χ0) is 50.2. The highest BCUT2D eigenvalue weighted by atomic mass is 16.3. The maximum Gasteiger partial charge on any atom is 0.249 e. The molecule has 0 aromatic heterocycles. The summed E-state index contributed by atoms with van der Waals surface area (Å²) in [6, 6.07) is -1.02. The minimum atomic E-state index is -1.30. The lowest BCUT2D eigenvalue weighted by Crippen LogP contribution is -2.53. The van der Waals surface area contributed by atoms with Crippen molar-refractivity contribution in [2.45, 2.75) is 340 Å². The van der Waals surface area contributed by atoms with Crippen LogP contribution in [-0.2, 0) is 4.79 Å². The van der Waals surface area contributed by atoms with Crippen LogP contribution >= 0.6 is 0 Å². The minimum absolute atomic E-state index is 0.355. The van der Waals surface area contributed by atoms with E-state index in [4.69, 9.17) is 0 Å². The van der Waals surface area contributed by atoms with Crippen LogP contribution in [-0.4, -0.2) is 57.3 Å². The van der Waals surface area contributed by atoms with Gasteiger partial charge in [-0.05, 0) is 89.9 Å². The van der Waals surface area contributed by atoms with Crippen LogP contribution in [0, 0.1) is 0 Å². The van der Waals surface area contributed by atoms with E-state index in [1.54, 1.807) is 0 Å². The molecule has 0 radical (unpaired) electrons. The van der Waals surface area contributed by atoms with Crippen molar-refractivity contribution < 1.29 is 25.2 Å². The standard InChI is InChI=1S/C63H119NO5/c1-3-5-7-9-11-13-15-17-19-21-23-25-27-29-30-31-32-33-35-36-38-40-42-44-46-48-50-52-54-56-60(66)62(68)59(58-65)64-63(69)61(67)57-55-53-51-49-47-45-43-41-39-37-34-28-26-24-22-20-18-16-14-12-10-8-6-4-2/h33-35,37,40,42,48,50,59-62,65-68H,3-32,36,38-39,41,43-47,49,51-58H2,1-2H3,(H,64,69)/b35-33+,37-34-,42-40+,50-48+. The second-order valence-electron chi connectivity index (χ2n) is 21.0. The van der Waals surface area contributed by atoms with Crippen LogP contribution in [0.3, 0.4) is 0 Å². The second-order valence-corrected chi connectivity index (χ2v) is 21.0. The van der Waals surface area contributed by atoms with Gasteiger partial charge in [0.05, 0.1) is 18.8 Å². The highest BCUT2D eigenvalue weighted by Gasteiger charge is 2.28. The number of aliphatic hydroxyl groups excluding tert-OH is 4. The average Bonchev–Trinajstić information content (AvgIpc) is 3.35. The first kappa shape index (κ1) is 67.3. The molecule has 0 aliphatic heterocycles. The molecular formula is C63H119NO5. The number of allylic oxidation sites excluding steroid dienone is 8. The lowest BCUT2D eigenvalue weighted by molar-refractivity contribution is -0.132. The van der Waals surface area contributed by atoms with E-state index in [0.29, 0.717) is 19.3 Å². The van der Waals surface area contributed by atoms with Crippen LogP contribution in [0.2, 0.25) is 0 Å². The van der Waals surface area contributed by atoms with E-state index >= 15 is 0 Å². The average molecular weight is 971 g/mol. The van der Waals surface area contributed by atoms with Crippen molar-refractivity contribution in [1.82, 2.24) is 5.32 Å². The highest BCUT2D eigenvalue weighted by Crippen LogP contribution is 2.17. The van der Waals surface area contributed by atoms with Gasteiger partial charge in [-0.25, -0.2) is 0 Å². The Labute approximate surface area is 429 Å². The van der Waals surface area contributed by atoms with Gasteiger partial charge in [0.25, 0.3) is 0 Å². The van der Waals surface area contributed by atoms with Gasteiger partial charge in [0.2, 0.25) is 5.91 Å². The topological polar surface area (TPSA) is 110 Å². The normalized spacial score (nSPS) is 14.0.